The molecular weight excluding hydrogens is 379 g/mol. The molecule has 1 atom stereocenters. The Hall–Kier alpha value is -4.00. The smallest absolute Gasteiger partial charge is 0.240 e. The zero-order valence-electron chi connectivity index (χ0n) is 16.3. The first-order valence-corrected chi connectivity index (χ1v) is 9.60. The minimum atomic E-state index is -0.304. The van der Waals surface area contributed by atoms with Crippen molar-refractivity contribution >= 4 is 11.6 Å². The fourth-order valence-corrected chi connectivity index (χ4v) is 3.62. The number of anilines is 1. The van der Waals surface area contributed by atoms with Crippen LogP contribution < -0.4 is 5.73 Å². The van der Waals surface area contributed by atoms with E-state index in [-0.39, 0.29) is 17.8 Å². The molecule has 0 radical (unpaired) electrons. The molecule has 0 amide bonds. The minimum Gasteiger partial charge on any atom is -0.366 e. The van der Waals surface area contributed by atoms with E-state index in [0.29, 0.717) is 22.3 Å². The zero-order chi connectivity index (χ0) is 20.7. The van der Waals surface area contributed by atoms with Gasteiger partial charge in [0.1, 0.15) is 5.82 Å². The Bertz CT molecular complexity index is 1340. The molecule has 3 aromatic heterocycles. The lowest BCUT2D eigenvalue weighted by molar-refractivity contribution is 0.564. The third-order valence-electron chi connectivity index (χ3n) is 5.25. The van der Waals surface area contributed by atoms with Crippen LogP contribution >= 0.6 is 0 Å². The Morgan fingerprint density at radius 1 is 0.967 bits per heavy atom. The summed E-state index contributed by atoms with van der Waals surface area (Å²) in [5.74, 6) is -0.123. The molecule has 6 nitrogen and oxygen atoms in total. The Labute approximate surface area is 172 Å². The topological polar surface area (TPSA) is 74.0 Å². The summed E-state index contributed by atoms with van der Waals surface area (Å²) in [5, 5.41) is 8.53. The summed E-state index contributed by atoms with van der Waals surface area (Å²) in [7, 11) is 0. The third-order valence-corrected chi connectivity index (χ3v) is 5.25. The highest BCUT2D eigenvalue weighted by molar-refractivity contribution is 5.75. The van der Waals surface area contributed by atoms with Gasteiger partial charge in [0.15, 0.2) is 5.65 Å². The predicted octanol–water partition coefficient (Wildman–Crippen LogP) is 4.59. The summed E-state index contributed by atoms with van der Waals surface area (Å²) >= 11 is 0. The molecule has 148 valence electrons. The van der Waals surface area contributed by atoms with Gasteiger partial charge in [-0.2, -0.15) is 10.1 Å². The summed E-state index contributed by atoms with van der Waals surface area (Å²) in [5.41, 5.74) is 9.78. The standard InChI is InChI=1S/C23H19FN6/c1-15(16-6-3-2-4-7-16)30-14-18(13-26-30)20-9-5-8-19(22(20)24)17-10-11-29-21(12-17)27-23(25)28-29/h2-15H,1H3,(H2,25,28)/t15-/m1/s1. The van der Waals surface area contributed by atoms with Crippen LogP contribution in [0.4, 0.5) is 10.3 Å². The van der Waals surface area contributed by atoms with E-state index >= 15 is 4.39 Å². The second-order valence-corrected chi connectivity index (χ2v) is 7.15. The Kier molecular flexibility index (Phi) is 4.28. The van der Waals surface area contributed by atoms with Crippen LogP contribution in [0, 0.1) is 5.82 Å². The van der Waals surface area contributed by atoms with Gasteiger partial charge < -0.3 is 5.73 Å². The normalized spacial score (nSPS) is 12.3. The maximum atomic E-state index is 15.5. The number of rotatable bonds is 4. The van der Waals surface area contributed by atoms with Crippen LogP contribution in [0.1, 0.15) is 18.5 Å². The van der Waals surface area contributed by atoms with Crippen LogP contribution in [0.5, 0.6) is 0 Å². The molecule has 0 unspecified atom stereocenters. The molecule has 5 aromatic rings. The molecule has 0 bridgehead atoms. The van der Waals surface area contributed by atoms with Crippen molar-refractivity contribution in [2.75, 3.05) is 5.73 Å². The number of pyridine rings is 1. The van der Waals surface area contributed by atoms with Crippen molar-refractivity contribution in [3.8, 4) is 22.3 Å². The monoisotopic (exact) mass is 398 g/mol. The first-order chi connectivity index (χ1) is 14.6. The molecule has 0 saturated heterocycles. The molecule has 2 aromatic carbocycles. The Balaban J connectivity index is 1.52. The van der Waals surface area contributed by atoms with Crippen molar-refractivity contribution in [2.24, 2.45) is 0 Å². The summed E-state index contributed by atoms with van der Waals surface area (Å²) < 4.78 is 18.9. The average molecular weight is 398 g/mol. The first kappa shape index (κ1) is 18.1. The van der Waals surface area contributed by atoms with Crippen molar-refractivity contribution in [2.45, 2.75) is 13.0 Å². The number of fused-ring (bicyclic) bond motifs is 1. The number of aromatic nitrogens is 5. The average Bonchev–Trinajstić information content (AvgIpc) is 3.39. The van der Waals surface area contributed by atoms with Crippen LogP contribution in [0.25, 0.3) is 27.9 Å². The molecule has 0 aliphatic carbocycles. The zero-order valence-corrected chi connectivity index (χ0v) is 16.3. The Morgan fingerprint density at radius 3 is 2.53 bits per heavy atom. The van der Waals surface area contributed by atoms with Crippen LogP contribution in [0.3, 0.4) is 0 Å². The lowest BCUT2D eigenvalue weighted by Gasteiger charge is -2.12. The van der Waals surface area contributed by atoms with Crippen LogP contribution in [-0.4, -0.2) is 24.4 Å². The fraction of sp³-hybridized carbons (Fsp3) is 0.0870. The number of halogens is 1. The number of benzene rings is 2. The number of nitrogen functional groups attached to an aromatic ring is 1. The predicted molar refractivity (Wildman–Crippen MR) is 114 cm³/mol. The maximum Gasteiger partial charge on any atom is 0.240 e. The summed E-state index contributed by atoms with van der Waals surface area (Å²) in [6.45, 7) is 2.07. The van der Waals surface area contributed by atoms with Crippen molar-refractivity contribution in [1.29, 1.82) is 0 Å². The lowest BCUT2D eigenvalue weighted by Crippen LogP contribution is -2.06. The molecule has 2 N–H and O–H groups in total. The van der Waals surface area contributed by atoms with Gasteiger partial charge in [-0.1, -0.05) is 48.5 Å². The first-order valence-electron chi connectivity index (χ1n) is 9.60. The third kappa shape index (κ3) is 3.10. The molecule has 3 heterocycles. The largest absolute Gasteiger partial charge is 0.366 e. The van der Waals surface area contributed by atoms with E-state index in [2.05, 4.69) is 34.2 Å². The maximum absolute atomic E-state index is 15.5. The number of hydrogen-bond donors (Lipinski definition) is 1. The van der Waals surface area contributed by atoms with E-state index in [1.807, 2.05) is 35.1 Å². The van der Waals surface area contributed by atoms with Gasteiger partial charge in [0, 0.05) is 29.1 Å². The summed E-state index contributed by atoms with van der Waals surface area (Å²) in [6.07, 6.45) is 5.30. The quantitative estimate of drug-likeness (QED) is 0.480. The minimum absolute atomic E-state index is 0.0481. The molecular formula is C23H19FN6. The van der Waals surface area contributed by atoms with Gasteiger partial charge >= 0.3 is 0 Å². The second-order valence-electron chi connectivity index (χ2n) is 7.15. The lowest BCUT2D eigenvalue weighted by atomic mass is 10.0. The molecule has 7 heteroatoms. The van der Waals surface area contributed by atoms with E-state index in [1.54, 1.807) is 41.2 Å². The number of nitrogens with two attached hydrogens (primary N) is 1. The van der Waals surface area contributed by atoms with Crippen molar-refractivity contribution in [3.63, 3.8) is 0 Å². The highest BCUT2D eigenvalue weighted by Crippen LogP contribution is 2.32. The fourth-order valence-electron chi connectivity index (χ4n) is 3.62. The molecule has 0 spiro atoms. The van der Waals surface area contributed by atoms with E-state index in [9.17, 15) is 0 Å². The highest BCUT2D eigenvalue weighted by Gasteiger charge is 2.16. The van der Waals surface area contributed by atoms with Crippen LogP contribution in [-0.2, 0) is 0 Å². The van der Waals surface area contributed by atoms with Gasteiger partial charge in [-0.3, -0.25) is 4.68 Å². The summed E-state index contributed by atoms with van der Waals surface area (Å²) in [4.78, 5) is 4.15. The van der Waals surface area contributed by atoms with Crippen LogP contribution in [0.15, 0.2) is 79.3 Å². The SMILES string of the molecule is C[C@H](c1ccccc1)n1cc(-c2cccc(-c3ccn4nc(N)nc4c3)c2F)cn1. The summed E-state index contributed by atoms with van der Waals surface area (Å²) in [6, 6.07) is 19.1. The van der Waals surface area contributed by atoms with Gasteiger partial charge in [0.25, 0.3) is 0 Å². The van der Waals surface area contributed by atoms with Crippen molar-refractivity contribution in [1.82, 2.24) is 24.4 Å². The molecule has 30 heavy (non-hydrogen) atoms. The van der Waals surface area contributed by atoms with Gasteiger partial charge in [0.05, 0.1) is 12.2 Å². The molecule has 0 aliphatic rings. The van der Waals surface area contributed by atoms with E-state index in [4.69, 9.17) is 5.73 Å². The number of hydrogen-bond acceptors (Lipinski definition) is 4. The molecule has 5 rings (SSSR count). The highest BCUT2D eigenvalue weighted by atomic mass is 19.1. The molecule has 0 aliphatic heterocycles. The molecule has 0 saturated carbocycles. The van der Waals surface area contributed by atoms with E-state index < -0.39 is 0 Å². The van der Waals surface area contributed by atoms with Crippen molar-refractivity contribution < 1.29 is 4.39 Å². The van der Waals surface area contributed by atoms with E-state index in [0.717, 1.165) is 11.1 Å². The van der Waals surface area contributed by atoms with Gasteiger partial charge in [-0.25, -0.2) is 8.91 Å². The van der Waals surface area contributed by atoms with Gasteiger partial charge in [-0.05, 0) is 30.2 Å². The van der Waals surface area contributed by atoms with Crippen LogP contribution in [0.2, 0.25) is 0 Å². The second kappa shape index (κ2) is 7.11. The Morgan fingerprint density at radius 2 is 1.73 bits per heavy atom. The molecule has 0 fully saturated rings. The van der Waals surface area contributed by atoms with Gasteiger partial charge in [0.2, 0.25) is 5.95 Å². The number of nitrogens with zero attached hydrogens (tertiary/aromatic N) is 5. The van der Waals surface area contributed by atoms with Crippen molar-refractivity contribution in [3.05, 3.63) is 90.6 Å². The van der Waals surface area contributed by atoms with Gasteiger partial charge in [-0.15, -0.1) is 5.10 Å². The van der Waals surface area contributed by atoms with E-state index in [1.165, 1.54) is 0 Å².